The Kier molecular flexibility index (Phi) is 5.44. The molecule has 12 heavy (non-hydrogen) atoms. The zero-order chi connectivity index (χ0) is 8.81. The second-order valence-electron chi connectivity index (χ2n) is 3.50. The first-order valence-electron chi connectivity index (χ1n) is 4.64. The molecule has 0 aromatic rings. The standard InChI is InChI=1S/C9H17ClOS/c10-5-9(11)7-12-6-8-3-1-2-4-8/h8-9,11H,1-7H2. The summed E-state index contributed by atoms with van der Waals surface area (Å²) >= 11 is 7.33. The van der Waals surface area contributed by atoms with Crippen molar-refractivity contribution in [1.82, 2.24) is 0 Å². The van der Waals surface area contributed by atoms with E-state index in [1.807, 2.05) is 11.8 Å². The molecule has 1 atom stereocenters. The van der Waals surface area contributed by atoms with Crippen LogP contribution in [-0.2, 0) is 0 Å². The summed E-state index contributed by atoms with van der Waals surface area (Å²) in [5.41, 5.74) is 0. The van der Waals surface area contributed by atoms with Crippen LogP contribution >= 0.6 is 23.4 Å². The van der Waals surface area contributed by atoms with Gasteiger partial charge in [0.15, 0.2) is 0 Å². The van der Waals surface area contributed by atoms with Crippen molar-refractivity contribution < 1.29 is 5.11 Å². The molecule has 1 aliphatic carbocycles. The molecular formula is C9H17ClOS. The van der Waals surface area contributed by atoms with Crippen LogP contribution in [0.3, 0.4) is 0 Å². The molecule has 0 heterocycles. The minimum Gasteiger partial charge on any atom is -0.391 e. The number of hydrogen-bond acceptors (Lipinski definition) is 2. The smallest absolute Gasteiger partial charge is 0.0765 e. The summed E-state index contributed by atoms with van der Waals surface area (Å²) in [5.74, 6) is 3.31. The van der Waals surface area contributed by atoms with E-state index in [2.05, 4.69) is 0 Å². The molecule has 0 spiro atoms. The molecular weight excluding hydrogens is 192 g/mol. The van der Waals surface area contributed by atoms with Gasteiger partial charge in [0, 0.05) is 11.6 Å². The van der Waals surface area contributed by atoms with Crippen molar-refractivity contribution in [2.45, 2.75) is 31.8 Å². The van der Waals surface area contributed by atoms with Gasteiger partial charge in [-0.15, -0.1) is 11.6 Å². The van der Waals surface area contributed by atoms with E-state index >= 15 is 0 Å². The van der Waals surface area contributed by atoms with Gasteiger partial charge in [-0.2, -0.15) is 11.8 Å². The zero-order valence-electron chi connectivity index (χ0n) is 7.34. The van der Waals surface area contributed by atoms with E-state index in [0.29, 0.717) is 5.88 Å². The number of thioether (sulfide) groups is 1. The monoisotopic (exact) mass is 208 g/mol. The zero-order valence-corrected chi connectivity index (χ0v) is 8.91. The highest BCUT2D eigenvalue weighted by atomic mass is 35.5. The lowest BCUT2D eigenvalue weighted by Gasteiger charge is -2.09. The second kappa shape index (κ2) is 6.11. The van der Waals surface area contributed by atoms with Gasteiger partial charge in [0.1, 0.15) is 0 Å². The fourth-order valence-corrected chi connectivity index (χ4v) is 3.02. The van der Waals surface area contributed by atoms with Crippen molar-refractivity contribution in [2.24, 2.45) is 5.92 Å². The lowest BCUT2D eigenvalue weighted by Crippen LogP contribution is -2.12. The molecule has 1 rings (SSSR count). The predicted octanol–water partition coefficient (Wildman–Crippen LogP) is 2.51. The highest BCUT2D eigenvalue weighted by Crippen LogP contribution is 2.27. The molecule has 1 N–H and O–H groups in total. The molecule has 1 aliphatic rings. The van der Waals surface area contributed by atoms with Crippen LogP contribution in [0.15, 0.2) is 0 Å². The largest absolute Gasteiger partial charge is 0.391 e. The van der Waals surface area contributed by atoms with Gasteiger partial charge in [0.2, 0.25) is 0 Å². The van der Waals surface area contributed by atoms with Crippen molar-refractivity contribution >= 4 is 23.4 Å². The maximum atomic E-state index is 9.18. The minimum atomic E-state index is -0.307. The number of alkyl halides is 1. The van der Waals surface area contributed by atoms with Crippen LogP contribution in [0.4, 0.5) is 0 Å². The Balaban J connectivity index is 1.94. The molecule has 1 saturated carbocycles. The minimum absolute atomic E-state index is 0.307. The number of aliphatic hydroxyl groups is 1. The first kappa shape index (κ1) is 10.7. The van der Waals surface area contributed by atoms with E-state index in [4.69, 9.17) is 11.6 Å². The summed E-state index contributed by atoms with van der Waals surface area (Å²) in [6, 6.07) is 0. The molecule has 0 amide bonds. The molecule has 1 fully saturated rings. The summed E-state index contributed by atoms with van der Waals surface area (Å²) in [4.78, 5) is 0. The van der Waals surface area contributed by atoms with E-state index in [0.717, 1.165) is 11.7 Å². The topological polar surface area (TPSA) is 20.2 Å². The second-order valence-corrected chi connectivity index (χ2v) is 4.88. The highest BCUT2D eigenvalue weighted by molar-refractivity contribution is 7.99. The van der Waals surface area contributed by atoms with E-state index in [1.165, 1.54) is 31.4 Å². The van der Waals surface area contributed by atoms with E-state index < -0.39 is 0 Å². The first-order valence-corrected chi connectivity index (χ1v) is 6.33. The van der Waals surface area contributed by atoms with Gasteiger partial charge in [-0.1, -0.05) is 12.8 Å². The molecule has 0 bridgehead atoms. The van der Waals surface area contributed by atoms with Crippen LogP contribution in [0.2, 0.25) is 0 Å². The van der Waals surface area contributed by atoms with Crippen molar-refractivity contribution in [3.05, 3.63) is 0 Å². The Morgan fingerprint density at radius 3 is 2.67 bits per heavy atom. The molecule has 1 unspecified atom stereocenters. The molecule has 0 radical (unpaired) electrons. The number of halogens is 1. The van der Waals surface area contributed by atoms with Crippen molar-refractivity contribution in [3.8, 4) is 0 Å². The predicted molar refractivity (Wildman–Crippen MR) is 56.0 cm³/mol. The summed E-state index contributed by atoms with van der Waals surface area (Å²) in [5, 5.41) is 9.18. The summed E-state index contributed by atoms with van der Waals surface area (Å²) in [7, 11) is 0. The van der Waals surface area contributed by atoms with Crippen LogP contribution < -0.4 is 0 Å². The quantitative estimate of drug-likeness (QED) is 0.701. The fourth-order valence-electron chi connectivity index (χ4n) is 1.59. The van der Waals surface area contributed by atoms with Gasteiger partial charge < -0.3 is 5.11 Å². The van der Waals surface area contributed by atoms with Gasteiger partial charge in [-0.05, 0) is 24.5 Å². The van der Waals surface area contributed by atoms with Crippen molar-refractivity contribution in [1.29, 1.82) is 0 Å². The molecule has 1 nitrogen and oxygen atoms in total. The van der Waals surface area contributed by atoms with E-state index in [9.17, 15) is 5.11 Å². The molecule has 0 saturated heterocycles. The first-order chi connectivity index (χ1) is 5.83. The Hall–Kier alpha value is 0.600. The summed E-state index contributed by atoms with van der Waals surface area (Å²) in [6.07, 6.45) is 5.29. The lowest BCUT2D eigenvalue weighted by molar-refractivity contribution is 0.223. The lowest BCUT2D eigenvalue weighted by atomic mass is 10.1. The third-order valence-electron chi connectivity index (χ3n) is 2.32. The molecule has 72 valence electrons. The fraction of sp³-hybridized carbons (Fsp3) is 1.00. The van der Waals surface area contributed by atoms with Gasteiger partial charge in [-0.3, -0.25) is 0 Å². The average Bonchev–Trinajstić information content (AvgIpc) is 2.57. The number of aliphatic hydroxyl groups excluding tert-OH is 1. The summed E-state index contributed by atoms with van der Waals surface area (Å²) < 4.78 is 0. The van der Waals surface area contributed by atoms with Crippen LogP contribution in [0.25, 0.3) is 0 Å². The number of rotatable bonds is 5. The molecule has 0 aromatic carbocycles. The maximum absolute atomic E-state index is 9.18. The van der Waals surface area contributed by atoms with E-state index in [-0.39, 0.29) is 6.10 Å². The van der Waals surface area contributed by atoms with Crippen LogP contribution in [0.5, 0.6) is 0 Å². The highest BCUT2D eigenvalue weighted by Gasteiger charge is 2.15. The van der Waals surface area contributed by atoms with Crippen LogP contribution in [0, 0.1) is 5.92 Å². The van der Waals surface area contributed by atoms with Crippen molar-refractivity contribution in [3.63, 3.8) is 0 Å². The third-order valence-corrected chi connectivity index (χ3v) is 4.00. The van der Waals surface area contributed by atoms with Crippen molar-refractivity contribution in [2.75, 3.05) is 17.4 Å². The molecule has 0 aromatic heterocycles. The van der Waals surface area contributed by atoms with Gasteiger partial charge in [0.25, 0.3) is 0 Å². The Morgan fingerprint density at radius 2 is 2.08 bits per heavy atom. The van der Waals surface area contributed by atoms with Gasteiger partial charge in [-0.25, -0.2) is 0 Å². The molecule has 3 heteroatoms. The van der Waals surface area contributed by atoms with Gasteiger partial charge in [0.05, 0.1) is 6.10 Å². The Morgan fingerprint density at radius 1 is 1.42 bits per heavy atom. The van der Waals surface area contributed by atoms with Crippen LogP contribution in [-0.4, -0.2) is 28.6 Å². The average molecular weight is 209 g/mol. The maximum Gasteiger partial charge on any atom is 0.0765 e. The number of hydrogen-bond donors (Lipinski definition) is 1. The van der Waals surface area contributed by atoms with Gasteiger partial charge >= 0.3 is 0 Å². The normalized spacial score (nSPS) is 21.5. The Labute approximate surface area is 83.9 Å². The summed E-state index contributed by atoms with van der Waals surface area (Å²) in [6.45, 7) is 0. The SMILES string of the molecule is OC(CCl)CSCC1CCCC1. The van der Waals surface area contributed by atoms with E-state index in [1.54, 1.807) is 0 Å². The van der Waals surface area contributed by atoms with Crippen LogP contribution in [0.1, 0.15) is 25.7 Å². The Bertz CT molecular complexity index is 115. The molecule has 0 aliphatic heterocycles. The third kappa shape index (κ3) is 4.01.